The van der Waals surface area contributed by atoms with Crippen molar-refractivity contribution in [3.8, 4) is 0 Å². The normalized spacial score (nSPS) is 15.4. The highest BCUT2D eigenvalue weighted by Gasteiger charge is 2.40. The van der Waals surface area contributed by atoms with Gasteiger partial charge >= 0.3 is 0 Å². The summed E-state index contributed by atoms with van der Waals surface area (Å²) >= 11 is 24.6. The molecule has 5 rings (SSSR count). The van der Waals surface area contributed by atoms with Crippen molar-refractivity contribution in [2.24, 2.45) is 0 Å². The van der Waals surface area contributed by atoms with Crippen LogP contribution in [0.1, 0.15) is 23.1 Å². The molecule has 2 heterocycles. The number of benzene rings is 3. The summed E-state index contributed by atoms with van der Waals surface area (Å²) in [6.45, 7) is 0.852. The van der Waals surface area contributed by atoms with Gasteiger partial charge in [-0.3, -0.25) is 14.4 Å². The predicted molar refractivity (Wildman–Crippen MR) is 172 cm³/mol. The maximum absolute atomic E-state index is 13.8. The van der Waals surface area contributed by atoms with Crippen LogP contribution >= 0.6 is 46.4 Å². The van der Waals surface area contributed by atoms with E-state index in [1.165, 1.54) is 4.90 Å². The summed E-state index contributed by atoms with van der Waals surface area (Å²) in [7, 11) is 0. The number of aromatic amines is 1. The smallest absolute Gasteiger partial charge is 0.246 e. The van der Waals surface area contributed by atoms with Crippen LogP contribution in [0.15, 0.2) is 66.9 Å². The molecule has 0 saturated carbocycles. The van der Waals surface area contributed by atoms with Crippen LogP contribution in [0.25, 0.3) is 10.9 Å². The Morgan fingerprint density at radius 1 is 0.837 bits per heavy atom. The third-order valence-corrected chi connectivity index (χ3v) is 8.87. The summed E-state index contributed by atoms with van der Waals surface area (Å²) in [5.74, 6) is -0.789. The Labute approximate surface area is 270 Å². The van der Waals surface area contributed by atoms with Gasteiger partial charge in [0.1, 0.15) is 6.04 Å². The summed E-state index contributed by atoms with van der Waals surface area (Å²) in [5.41, 5.74) is 3.71. The van der Waals surface area contributed by atoms with Crippen LogP contribution < -0.4 is 5.32 Å². The van der Waals surface area contributed by atoms with E-state index in [0.29, 0.717) is 52.4 Å². The number of nitrogens with one attached hydrogen (secondary N) is 2. The molecule has 0 radical (unpaired) electrons. The Morgan fingerprint density at radius 2 is 1.49 bits per heavy atom. The van der Waals surface area contributed by atoms with E-state index in [0.717, 1.165) is 27.6 Å². The first-order valence-electron chi connectivity index (χ1n) is 14.0. The number of halogens is 4. The summed E-state index contributed by atoms with van der Waals surface area (Å²) in [5, 5.41) is 6.03. The molecule has 1 atom stereocenters. The summed E-state index contributed by atoms with van der Waals surface area (Å²) in [6, 6.07) is 17.4. The molecule has 3 aromatic carbocycles. The third kappa shape index (κ3) is 7.65. The van der Waals surface area contributed by atoms with Gasteiger partial charge in [-0.25, -0.2) is 0 Å². The number of H-pyrrole nitrogens is 1. The molecular weight excluding hydrogens is 630 g/mol. The molecule has 0 aliphatic carbocycles. The second-order valence-electron chi connectivity index (χ2n) is 10.5. The lowest BCUT2D eigenvalue weighted by Crippen LogP contribution is -2.61. The van der Waals surface area contributed by atoms with Crippen LogP contribution in [0.2, 0.25) is 20.1 Å². The standard InChI is InChI=1S/C32H30Cl4N4O3/c33-23-7-5-20(26(35)15-23)9-12-37-30(41)17-29-32(43)39(13-10-21-6-8-24(34)16-27(21)36)19-31(42)40(29)14-11-22-18-38-28-4-2-1-3-25(22)28/h1-8,15-16,18,29,38H,9-14,17,19H2,(H,37,41). The largest absolute Gasteiger partial charge is 0.361 e. The lowest BCUT2D eigenvalue weighted by molar-refractivity contribution is -0.157. The summed E-state index contributed by atoms with van der Waals surface area (Å²) < 4.78 is 0. The minimum absolute atomic E-state index is 0.0644. The lowest BCUT2D eigenvalue weighted by atomic mass is 10.0. The van der Waals surface area contributed by atoms with Gasteiger partial charge in [0.15, 0.2) is 0 Å². The number of nitrogens with zero attached hydrogens (tertiary/aromatic N) is 2. The van der Waals surface area contributed by atoms with Gasteiger partial charge in [0.25, 0.3) is 0 Å². The second kappa shape index (κ2) is 14.0. The topological polar surface area (TPSA) is 85.5 Å². The maximum atomic E-state index is 13.8. The van der Waals surface area contributed by atoms with E-state index in [-0.39, 0.29) is 37.2 Å². The molecule has 3 amide bonds. The number of hydrogen-bond donors (Lipinski definition) is 2. The van der Waals surface area contributed by atoms with Crippen LogP contribution in [0.5, 0.6) is 0 Å². The van der Waals surface area contributed by atoms with E-state index in [1.807, 2.05) is 42.6 Å². The van der Waals surface area contributed by atoms with Crippen LogP contribution in [-0.2, 0) is 33.6 Å². The molecule has 224 valence electrons. The zero-order valence-electron chi connectivity index (χ0n) is 23.2. The average molecular weight is 660 g/mol. The monoisotopic (exact) mass is 658 g/mol. The Morgan fingerprint density at radius 3 is 2.19 bits per heavy atom. The van der Waals surface area contributed by atoms with Crippen molar-refractivity contribution in [2.75, 3.05) is 26.2 Å². The number of carbonyl (C=O) groups is 3. The van der Waals surface area contributed by atoms with Crippen LogP contribution in [-0.4, -0.2) is 64.7 Å². The van der Waals surface area contributed by atoms with Crippen molar-refractivity contribution in [1.82, 2.24) is 20.1 Å². The van der Waals surface area contributed by atoms with E-state index >= 15 is 0 Å². The van der Waals surface area contributed by atoms with Gasteiger partial charge in [-0.15, -0.1) is 0 Å². The van der Waals surface area contributed by atoms with Crippen molar-refractivity contribution in [2.45, 2.75) is 31.7 Å². The molecule has 1 aliphatic heterocycles. The molecule has 1 unspecified atom stereocenters. The fourth-order valence-electron chi connectivity index (χ4n) is 5.39. The molecule has 1 aromatic heterocycles. The van der Waals surface area contributed by atoms with E-state index in [4.69, 9.17) is 46.4 Å². The highest BCUT2D eigenvalue weighted by molar-refractivity contribution is 6.35. The Hall–Kier alpha value is -3.23. The molecule has 1 saturated heterocycles. The minimum atomic E-state index is -0.925. The molecule has 2 N–H and O–H groups in total. The third-order valence-electron chi connectivity index (χ3n) is 7.69. The minimum Gasteiger partial charge on any atom is -0.361 e. The van der Waals surface area contributed by atoms with E-state index in [2.05, 4.69) is 10.3 Å². The SMILES string of the molecule is O=C(CC1C(=O)N(CCc2ccc(Cl)cc2Cl)CC(=O)N1CCc1c[nH]c2ccccc12)NCCc1ccc(Cl)cc1Cl. The second-order valence-corrected chi connectivity index (χ2v) is 12.2. The first-order valence-corrected chi connectivity index (χ1v) is 15.5. The fraction of sp³-hybridized carbons (Fsp3) is 0.281. The zero-order valence-corrected chi connectivity index (χ0v) is 26.2. The Balaban J connectivity index is 1.28. The van der Waals surface area contributed by atoms with E-state index in [1.54, 1.807) is 29.2 Å². The molecule has 4 aromatic rings. The molecular formula is C32H30Cl4N4O3. The molecule has 1 fully saturated rings. The first-order chi connectivity index (χ1) is 20.7. The van der Waals surface area contributed by atoms with E-state index in [9.17, 15) is 14.4 Å². The molecule has 7 nitrogen and oxygen atoms in total. The van der Waals surface area contributed by atoms with Gasteiger partial charge in [0, 0.05) is 56.8 Å². The molecule has 1 aliphatic rings. The number of rotatable bonds is 11. The number of para-hydroxylation sites is 1. The number of amides is 3. The van der Waals surface area contributed by atoms with E-state index < -0.39 is 6.04 Å². The lowest BCUT2D eigenvalue weighted by Gasteiger charge is -2.40. The zero-order chi connectivity index (χ0) is 30.5. The van der Waals surface area contributed by atoms with Crippen LogP contribution in [0.3, 0.4) is 0 Å². The van der Waals surface area contributed by atoms with Gasteiger partial charge < -0.3 is 20.1 Å². The number of carbonyl (C=O) groups excluding carboxylic acids is 3. The molecule has 0 bridgehead atoms. The van der Waals surface area contributed by atoms with Crippen LogP contribution in [0.4, 0.5) is 0 Å². The van der Waals surface area contributed by atoms with Gasteiger partial charge in [-0.2, -0.15) is 0 Å². The van der Waals surface area contributed by atoms with Gasteiger partial charge in [-0.05, 0) is 66.3 Å². The Kier molecular flexibility index (Phi) is 10.2. The number of aromatic nitrogens is 1. The van der Waals surface area contributed by atoms with Crippen molar-refractivity contribution < 1.29 is 14.4 Å². The van der Waals surface area contributed by atoms with Gasteiger partial charge in [0.05, 0.1) is 13.0 Å². The molecule has 43 heavy (non-hydrogen) atoms. The fourth-order valence-corrected chi connectivity index (χ4v) is 6.39. The van der Waals surface area contributed by atoms with Crippen molar-refractivity contribution in [3.05, 3.63) is 104 Å². The highest BCUT2D eigenvalue weighted by atomic mass is 35.5. The predicted octanol–water partition coefficient (Wildman–Crippen LogP) is 6.36. The maximum Gasteiger partial charge on any atom is 0.246 e. The number of hydrogen-bond acceptors (Lipinski definition) is 3. The molecule has 11 heteroatoms. The Bertz CT molecular complexity index is 1660. The van der Waals surface area contributed by atoms with Crippen molar-refractivity contribution >= 4 is 75.0 Å². The number of piperazine rings is 1. The molecule has 0 spiro atoms. The van der Waals surface area contributed by atoms with Crippen LogP contribution in [0, 0.1) is 0 Å². The summed E-state index contributed by atoms with van der Waals surface area (Å²) in [4.78, 5) is 46.7. The summed E-state index contributed by atoms with van der Waals surface area (Å²) in [6.07, 6.45) is 3.26. The van der Waals surface area contributed by atoms with Crippen molar-refractivity contribution in [3.63, 3.8) is 0 Å². The van der Waals surface area contributed by atoms with Crippen molar-refractivity contribution in [1.29, 1.82) is 0 Å². The average Bonchev–Trinajstić information content (AvgIpc) is 3.39. The first kappa shape index (κ1) is 31.2. The highest BCUT2D eigenvalue weighted by Crippen LogP contribution is 2.25. The number of fused-ring (bicyclic) bond motifs is 1. The van der Waals surface area contributed by atoms with Gasteiger partial charge in [-0.1, -0.05) is 76.7 Å². The van der Waals surface area contributed by atoms with Gasteiger partial charge in [0.2, 0.25) is 17.7 Å². The quantitative estimate of drug-likeness (QED) is 0.197.